The third-order valence-corrected chi connectivity index (χ3v) is 6.59. The molecule has 2 atom stereocenters. The second kappa shape index (κ2) is 14.7. The summed E-state index contributed by atoms with van der Waals surface area (Å²) in [5.41, 5.74) is 1.71. The van der Waals surface area contributed by atoms with Gasteiger partial charge in [0.05, 0.1) is 33.4 Å². The largest absolute Gasteiger partial charge is 0.497 e. The predicted octanol–water partition coefficient (Wildman–Crippen LogP) is 4.89. The topological polar surface area (TPSA) is 80.3 Å². The zero-order valence-corrected chi connectivity index (χ0v) is 25.3. The Morgan fingerprint density at radius 1 is 0.846 bits per heavy atom. The number of carbonyl (C=O) groups is 2. The fourth-order valence-corrected chi connectivity index (χ4v) is 4.56. The van der Waals surface area contributed by atoms with E-state index in [1.807, 2.05) is 85.3 Å². The summed E-state index contributed by atoms with van der Waals surface area (Å²) in [4.78, 5) is 23.6. The van der Waals surface area contributed by atoms with E-state index in [0.29, 0.717) is 6.61 Å². The molecule has 3 aromatic rings. The molecular weight excluding hydrogens is 573 g/mol. The smallest absolute Gasteiger partial charge is 0.303 e. The minimum absolute atomic E-state index is 0. The molecule has 0 aliphatic carbocycles. The van der Waals surface area contributed by atoms with Gasteiger partial charge in [0.15, 0.2) is 0 Å². The SMILES string of the molecule is COc1ccc(C(OC[C@H]2OC[CH-]C2OC(=O)CCC(C)=O)(c2ccccc2)c2ccc(OC)cc2)cc1.[Y]. The molecule has 39 heavy (non-hydrogen) atoms. The molecule has 1 aliphatic heterocycles. The Bertz CT molecular complexity index is 1150. The molecule has 1 heterocycles. The van der Waals surface area contributed by atoms with E-state index in [2.05, 4.69) is 0 Å². The van der Waals surface area contributed by atoms with Crippen LogP contribution in [0, 0.1) is 6.42 Å². The zero-order valence-electron chi connectivity index (χ0n) is 22.5. The van der Waals surface area contributed by atoms with Crippen molar-refractivity contribution in [3.8, 4) is 11.5 Å². The number of hydrogen-bond acceptors (Lipinski definition) is 7. The van der Waals surface area contributed by atoms with Crippen LogP contribution in [-0.4, -0.2) is 51.4 Å². The summed E-state index contributed by atoms with van der Waals surface area (Å²) >= 11 is 0. The van der Waals surface area contributed by atoms with E-state index < -0.39 is 23.8 Å². The summed E-state index contributed by atoms with van der Waals surface area (Å²) in [6.07, 6.45) is 0.925. The number of carbonyl (C=O) groups excluding carboxylic acids is 2. The van der Waals surface area contributed by atoms with Crippen LogP contribution in [-0.2, 0) is 62.1 Å². The fraction of sp³-hybridized carbons (Fsp3) is 0.323. The number of methoxy groups -OCH3 is 2. The summed E-state index contributed by atoms with van der Waals surface area (Å²) in [6, 6.07) is 25.5. The molecule has 0 amide bonds. The Hall–Kier alpha value is -2.58. The van der Waals surface area contributed by atoms with Crippen LogP contribution in [0.2, 0.25) is 0 Å². The van der Waals surface area contributed by atoms with E-state index in [0.717, 1.165) is 28.2 Å². The number of benzene rings is 3. The van der Waals surface area contributed by atoms with Crippen LogP contribution < -0.4 is 9.47 Å². The molecule has 1 radical (unpaired) electrons. The average molecular weight is 607 g/mol. The summed E-state index contributed by atoms with van der Waals surface area (Å²) in [5.74, 6) is 0.977. The van der Waals surface area contributed by atoms with Crippen molar-refractivity contribution in [2.75, 3.05) is 27.4 Å². The zero-order chi connectivity index (χ0) is 27.0. The van der Waals surface area contributed by atoms with Crippen LogP contribution in [0.15, 0.2) is 78.9 Å². The second-order valence-electron chi connectivity index (χ2n) is 9.08. The van der Waals surface area contributed by atoms with Crippen molar-refractivity contribution >= 4 is 11.8 Å². The molecule has 0 spiro atoms. The van der Waals surface area contributed by atoms with Crippen LogP contribution in [0.1, 0.15) is 36.5 Å². The van der Waals surface area contributed by atoms with Crippen molar-refractivity contribution < 1.29 is 66.0 Å². The van der Waals surface area contributed by atoms with Crippen molar-refractivity contribution in [1.82, 2.24) is 0 Å². The van der Waals surface area contributed by atoms with Crippen LogP contribution in [0.4, 0.5) is 0 Å². The average Bonchev–Trinajstić information content (AvgIpc) is 3.40. The van der Waals surface area contributed by atoms with Crippen LogP contribution in [0.5, 0.6) is 11.5 Å². The Morgan fingerprint density at radius 2 is 1.38 bits per heavy atom. The summed E-state index contributed by atoms with van der Waals surface area (Å²) in [7, 11) is 3.26. The van der Waals surface area contributed by atoms with Crippen LogP contribution >= 0.6 is 0 Å². The van der Waals surface area contributed by atoms with Gasteiger partial charge in [-0.15, -0.1) is 0 Å². The van der Waals surface area contributed by atoms with E-state index in [1.165, 1.54) is 6.92 Å². The number of rotatable bonds is 12. The standard InChI is InChI=1S/C31H33O7.Y/c1-22(32)9-18-30(33)38-28-19-20-36-29(28)21-37-31(23-7-5-4-6-8-23,24-10-14-26(34-2)15-11-24)25-12-16-27(35-3)17-13-25;/h4-8,10-17,19,28-29H,9,18,20-21H2,1-3H3;/q-1;/t28?,29-;/m1./s1. The number of Topliss-reactive ketones (excluding diaryl/α,β-unsaturated/α-hetero) is 1. The Morgan fingerprint density at radius 3 is 1.90 bits per heavy atom. The first kappa shape index (κ1) is 31.0. The van der Waals surface area contributed by atoms with Gasteiger partial charge in [0.1, 0.15) is 22.9 Å². The normalized spacial score (nSPS) is 16.7. The van der Waals surface area contributed by atoms with E-state index in [9.17, 15) is 9.59 Å². The molecule has 1 saturated heterocycles. The Kier molecular flexibility index (Phi) is 11.7. The first-order valence-electron chi connectivity index (χ1n) is 12.6. The van der Waals surface area contributed by atoms with Gasteiger partial charge in [-0.05, 0) is 47.9 Å². The van der Waals surface area contributed by atoms with Gasteiger partial charge in [-0.3, -0.25) is 11.2 Å². The first-order chi connectivity index (χ1) is 18.5. The van der Waals surface area contributed by atoms with Gasteiger partial charge >= 0.3 is 5.97 Å². The first-order valence-corrected chi connectivity index (χ1v) is 12.6. The Balaban J connectivity index is 0.00000420. The molecular formula is C31H33O7Y-. The minimum Gasteiger partial charge on any atom is -0.497 e. The van der Waals surface area contributed by atoms with Crippen molar-refractivity contribution in [1.29, 1.82) is 0 Å². The van der Waals surface area contributed by atoms with Crippen LogP contribution in [0.3, 0.4) is 0 Å². The monoisotopic (exact) mass is 606 g/mol. The van der Waals surface area contributed by atoms with Gasteiger partial charge in [-0.2, -0.15) is 0 Å². The number of esters is 1. The molecule has 0 aromatic heterocycles. The summed E-state index contributed by atoms with van der Waals surface area (Å²) in [6.45, 7) is 1.94. The van der Waals surface area contributed by atoms with E-state index in [-0.39, 0.29) is 57.9 Å². The number of hydrogen-bond donors (Lipinski definition) is 0. The van der Waals surface area contributed by atoms with Crippen molar-refractivity contribution in [3.63, 3.8) is 0 Å². The number of ketones is 1. The van der Waals surface area contributed by atoms with Crippen molar-refractivity contribution in [3.05, 3.63) is 102 Å². The van der Waals surface area contributed by atoms with Crippen molar-refractivity contribution in [2.24, 2.45) is 0 Å². The fourth-order valence-electron chi connectivity index (χ4n) is 4.56. The second-order valence-corrected chi connectivity index (χ2v) is 9.08. The van der Waals surface area contributed by atoms with E-state index in [4.69, 9.17) is 23.7 Å². The van der Waals surface area contributed by atoms with E-state index >= 15 is 0 Å². The molecule has 1 aliphatic rings. The van der Waals surface area contributed by atoms with E-state index in [1.54, 1.807) is 14.2 Å². The molecule has 7 nitrogen and oxygen atoms in total. The maximum atomic E-state index is 12.3. The molecule has 0 saturated carbocycles. The molecule has 3 aromatic carbocycles. The molecule has 0 N–H and O–H groups in total. The quantitative estimate of drug-likeness (QED) is 0.165. The maximum Gasteiger partial charge on any atom is 0.303 e. The molecule has 8 heteroatoms. The third-order valence-electron chi connectivity index (χ3n) is 6.59. The summed E-state index contributed by atoms with van der Waals surface area (Å²) < 4.78 is 29.2. The molecule has 203 valence electrons. The van der Waals surface area contributed by atoms with Gasteiger partial charge in [0.25, 0.3) is 0 Å². The predicted molar refractivity (Wildman–Crippen MR) is 142 cm³/mol. The maximum absolute atomic E-state index is 12.3. The van der Waals surface area contributed by atoms with Gasteiger partial charge in [0.2, 0.25) is 0 Å². The van der Waals surface area contributed by atoms with Gasteiger partial charge in [-0.25, -0.2) is 0 Å². The van der Waals surface area contributed by atoms with Gasteiger partial charge in [-0.1, -0.05) is 61.2 Å². The molecule has 4 rings (SSSR count). The Labute approximate surface area is 255 Å². The molecule has 1 fully saturated rings. The third kappa shape index (κ3) is 7.54. The van der Waals surface area contributed by atoms with Gasteiger partial charge in [0, 0.05) is 45.2 Å². The molecule has 0 bridgehead atoms. The molecule has 1 unspecified atom stereocenters. The summed E-state index contributed by atoms with van der Waals surface area (Å²) in [5, 5.41) is 0. The minimum atomic E-state index is -1.01. The van der Waals surface area contributed by atoms with Gasteiger partial charge < -0.3 is 28.5 Å². The van der Waals surface area contributed by atoms with Crippen LogP contribution in [0.25, 0.3) is 0 Å². The number of ether oxygens (including phenoxy) is 5. The van der Waals surface area contributed by atoms with Crippen molar-refractivity contribution in [2.45, 2.75) is 37.6 Å².